The minimum absolute atomic E-state index is 0.141. The second kappa shape index (κ2) is 6.78. The Kier molecular flexibility index (Phi) is 5.63. The van der Waals surface area contributed by atoms with Gasteiger partial charge >= 0.3 is 0 Å². The number of nitrogens with one attached hydrogen (secondary N) is 1. The molecule has 1 aromatic carbocycles. The highest BCUT2D eigenvalue weighted by molar-refractivity contribution is 6.34. The van der Waals surface area contributed by atoms with Crippen LogP contribution in [0.3, 0.4) is 0 Å². The van der Waals surface area contributed by atoms with Crippen molar-refractivity contribution in [2.75, 3.05) is 24.3 Å². The molecule has 0 bridgehead atoms. The predicted molar refractivity (Wildman–Crippen MR) is 81.8 cm³/mol. The average molecular weight is 284 g/mol. The predicted octanol–water partition coefficient (Wildman–Crippen LogP) is 2.72. The van der Waals surface area contributed by atoms with Crippen molar-refractivity contribution in [3.05, 3.63) is 23.2 Å². The summed E-state index contributed by atoms with van der Waals surface area (Å²) in [6.45, 7) is 3.98. The monoisotopic (exact) mass is 283 g/mol. The van der Waals surface area contributed by atoms with E-state index in [0.717, 1.165) is 12.1 Å². The highest BCUT2D eigenvalue weighted by Gasteiger charge is 2.21. The molecular weight excluding hydrogens is 262 g/mol. The standard InChI is InChI=1S/C14H22ClN3O/c1-5-9(2)12(16)14(19)17-11-8-6-7-10(15)13(11)18(3)4/h6-9,12H,5,16H2,1-4H3,(H,17,19)/t9?,12-/m0/s1. The number of anilines is 2. The third-order valence-electron chi connectivity index (χ3n) is 3.25. The molecule has 5 heteroatoms. The van der Waals surface area contributed by atoms with E-state index in [2.05, 4.69) is 5.32 Å². The molecule has 106 valence electrons. The average Bonchev–Trinajstić information content (AvgIpc) is 2.36. The van der Waals surface area contributed by atoms with Gasteiger partial charge < -0.3 is 16.0 Å². The lowest BCUT2D eigenvalue weighted by atomic mass is 9.99. The number of nitrogens with zero attached hydrogens (tertiary/aromatic N) is 1. The first-order valence-corrected chi connectivity index (χ1v) is 6.78. The number of carbonyl (C=O) groups excluding carboxylic acids is 1. The zero-order valence-corrected chi connectivity index (χ0v) is 12.7. The third-order valence-corrected chi connectivity index (χ3v) is 3.56. The SMILES string of the molecule is CCC(C)[C@H](N)C(=O)Nc1cccc(Cl)c1N(C)C. The van der Waals surface area contributed by atoms with Crippen LogP contribution in [0.25, 0.3) is 0 Å². The Bertz CT molecular complexity index is 448. The topological polar surface area (TPSA) is 58.4 Å². The number of para-hydroxylation sites is 1. The second-order valence-electron chi connectivity index (χ2n) is 4.93. The molecule has 1 aromatic rings. The maximum Gasteiger partial charge on any atom is 0.241 e. The molecule has 0 aromatic heterocycles. The highest BCUT2D eigenvalue weighted by Crippen LogP contribution is 2.32. The molecule has 0 saturated heterocycles. The van der Waals surface area contributed by atoms with Gasteiger partial charge in [0.2, 0.25) is 5.91 Å². The van der Waals surface area contributed by atoms with Crippen LogP contribution in [-0.2, 0) is 4.79 Å². The van der Waals surface area contributed by atoms with Gasteiger partial charge in [-0.05, 0) is 18.1 Å². The van der Waals surface area contributed by atoms with E-state index >= 15 is 0 Å². The number of hydrogen-bond acceptors (Lipinski definition) is 3. The Labute approximate surface area is 119 Å². The number of benzene rings is 1. The zero-order chi connectivity index (χ0) is 14.6. The normalized spacial score (nSPS) is 13.8. The first-order valence-electron chi connectivity index (χ1n) is 6.40. The van der Waals surface area contributed by atoms with E-state index in [9.17, 15) is 4.79 Å². The summed E-state index contributed by atoms with van der Waals surface area (Å²) < 4.78 is 0. The molecular formula is C14H22ClN3O. The van der Waals surface area contributed by atoms with Gasteiger partial charge in [0.05, 0.1) is 22.4 Å². The summed E-state index contributed by atoms with van der Waals surface area (Å²) in [5, 5.41) is 3.45. The lowest BCUT2D eigenvalue weighted by Crippen LogP contribution is -2.40. The van der Waals surface area contributed by atoms with Gasteiger partial charge in [-0.2, -0.15) is 0 Å². The quantitative estimate of drug-likeness (QED) is 0.873. The van der Waals surface area contributed by atoms with Crippen molar-refractivity contribution in [2.24, 2.45) is 11.7 Å². The first kappa shape index (κ1) is 15.8. The van der Waals surface area contributed by atoms with E-state index in [4.69, 9.17) is 17.3 Å². The Balaban J connectivity index is 2.94. The first-order chi connectivity index (χ1) is 8.88. The molecule has 0 aliphatic heterocycles. The molecule has 0 aliphatic carbocycles. The third kappa shape index (κ3) is 3.85. The van der Waals surface area contributed by atoms with Crippen LogP contribution in [0.15, 0.2) is 18.2 Å². The summed E-state index contributed by atoms with van der Waals surface area (Å²) in [6.07, 6.45) is 0.866. The fraction of sp³-hybridized carbons (Fsp3) is 0.500. The fourth-order valence-corrected chi connectivity index (χ4v) is 2.14. The molecule has 2 atom stereocenters. The van der Waals surface area contributed by atoms with Crippen LogP contribution in [0.2, 0.25) is 5.02 Å². The van der Waals surface area contributed by atoms with Crippen LogP contribution in [0, 0.1) is 5.92 Å². The number of rotatable bonds is 5. The van der Waals surface area contributed by atoms with Crippen molar-refractivity contribution in [1.29, 1.82) is 0 Å². The molecule has 3 N–H and O–H groups in total. The van der Waals surface area contributed by atoms with Crippen LogP contribution in [0.5, 0.6) is 0 Å². The largest absolute Gasteiger partial charge is 0.375 e. The molecule has 0 aliphatic rings. The van der Waals surface area contributed by atoms with Crippen LogP contribution in [0.1, 0.15) is 20.3 Å². The molecule has 1 amide bonds. The number of nitrogens with two attached hydrogens (primary N) is 1. The van der Waals surface area contributed by atoms with Gasteiger partial charge in [0.15, 0.2) is 0 Å². The molecule has 1 unspecified atom stereocenters. The fourth-order valence-electron chi connectivity index (χ4n) is 1.80. The van der Waals surface area contributed by atoms with Crippen molar-refractivity contribution < 1.29 is 4.79 Å². The van der Waals surface area contributed by atoms with E-state index in [1.165, 1.54) is 0 Å². The lowest BCUT2D eigenvalue weighted by Gasteiger charge is -2.22. The van der Waals surface area contributed by atoms with E-state index < -0.39 is 6.04 Å². The summed E-state index contributed by atoms with van der Waals surface area (Å²) in [4.78, 5) is 14.0. The van der Waals surface area contributed by atoms with Crippen LogP contribution < -0.4 is 16.0 Å². The van der Waals surface area contributed by atoms with Crippen molar-refractivity contribution in [2.45, 2.75) is 26.3 Å². The van der Waals surface area contributed by atoms with E-state index in [1.807, 2.05) is 38.9 Å². The number of halogens is 1. The lowest BCUT2D eigenvalue weighted by molar-refractivity contribution is -0.118. The molecule has 0 fully saturated rings. The number of hydrogen-bond donors (Lipinski definition) is 2. The minimum Gasteiger partial charge on any atom is -0.375 e. The maximum absolute atomic E-state index is 12.1. The molecule has 0 saturated carbocycles. The summed E-state index contributed by atoms with van der Waals surface area (Å²) in [6, 6.07) is 4.91. The Hall–Kier alpha value is -1.26. The summed E-state index contributed by atoms with van der Waals surface area (Å²) in [7, 11) is 3.76. The van der Waals surface area contributed by atoms with E-state index in [0.29, 0.717) is 10.7 Å². The molecule has 4 nitrogen and oxygen atoms in total. The van der Waals surface area contributed by atoms with Gasteiger partial charge in [0.25, 0.3) is 0 Å². The van der Waals surface area contributed by atoms with Gasteiger partial charge in [-0.1, -0.05) is 37.9 Å². The highest BCUT2D eigenvalue weighted by atomic mass is 35.5. The minimum atomic E-state index is -0.515. The van der Waals surface area contributed by atoms with E-state index in [1.54, 1.807) is 12.1 Å². The van der Waals surface area contributed by atoms with Crippen molar-refractivity contribution in [3.8, 4) is 0 Å². The summed E-state index contributed by atoms with van der Waals surface area (Å²) in [5.74, 6) is -0.0401. The molecule has 1 rings (SSSR count). The van der Waals surface area contributed by atoms with Gasteiger partial charge in [-0.3, -0.25) is 4.79 Å². The Morgan fingerprint density at radius 2 is 2.11 bits per heavy atom. The smallest absolute Gasteiger partial charge is 0.241 e. The van der Waals surface area contributed by atoms with E-state index in [-0.39, 0.29) is 11.8 Å². The number of amides is 1. The van der Waals surface area contributed by atoms with Crippen LogP contribution in [0.4, 0.5) is 11.4 Å². The van der Waals surface area contributed by atoms with Crippen molar-refractivity contribution in [3.63, 3.8) is 0 Å². The summed E-state index contributed by atoms with van der Waals surface area (Å²) in [5.41, 5.74) is 7.39. The summed E-state index contributed by atoms with van der Waals surface area (Å²) >= 11 is 6.15. The van der Waals surface area contributed by atoms with Crippen LogP contribution in [-0.4, -0.2) is 26.0 Å². The maximum atomic E-state index is 12.1. The van der Waals surface area contributed by atoms with Gasteiger partial charge in [0.1, 0.15) is 0 Å². The van der Waals surface area contributed by atoms with Gasteiger partial charge in [-0.15, -0.1) is 0 Å². The van der Waals surface area contributed by atoms with Crippen molar-refractivity contribution >= 4 is 28.9 Å². The number of carbonyl (C=O) groups is 1. The van der Waals surface area contributed by atoms with Crippen molar-refractivity contribution in [1.82, 2.24) is 0 Å². The molecule has 0 spiro atoms. The van der Waals surface area contributed by atoms with Crippen LogP contribution >= 0.6 is 11.6 Å². The zero-order valence-electron chi connectivity index (χ0n) is 11.9. The van der Waals surface area contributed by atoms with Gasteiger partial charge in [0, 0.05) is 14.1 Å². The van der Waals surface area contributed by atoms with Gasteiger partial charge in [-0.25, -0.2) is 0 Å². The molecule has 0 radical (unpaired) electrons. The Morgan fingerprint density at radius 1 is 1.47 bits per heavy atom. The second-order valence-corrected chi connectivity index (χ2v) is 5.34. The Morgan fingerprint density at radius 3 is 2.63 bits per heavy atom. The molecule has 0 heterocycles. The molecule has 19 heavy (non-hydrogen) atoms.